The summed E-state index contributed by atoms with van der Waals surface area (Å²) in [7, 11) is 0. The van der Waals surface area contributed by atoms with Gasteiger partial charge in [-0.3, -0.25) is 4.79 Å². The molecule has 0 aliphatic carbocycles. The minimum absolute atomic E-state index is 0.0568. The Morgan fingerprint density at radius 3 is 3.15 bits per heavy atom. The highest BCUT2D eigenvalue weighted by Crippen LogP contribution is 2.34. The van der Waals surface area contributed by atoms with Crippen molar-refractivity contribution >= 4 is 28.6 Å². The van der Waals surface area contributed by atoms with Crippen LogP contribution in [0.4, 0.5) is 0 Å². The molecule has 3 rings (SSSR count). The van der Waals surface area contributed by atoms with Gasteiger partial charge in [-0.25, -0.2) is 9.97 Å². The molecule has 0 spiro atoms. The lowest BCUT2D eigenvalue weighted by atomic mass is 10.2. The summed E-state index contributed by atoms with van der Waals surface area (Å²) < 4.78 is 0. The van der Waals surface area contributed by atoms with Crippen molar-refractivity contribution in [2.45, 2.75) is 38.6 Å². The third-order valence-corrected chi connectivity index (χ3v) is 5.27. The van der Waals surface area contributed by atoms with Gasteiger partial charge in [0.05, 0.1) is 11.0 Å². The molecule has 1 aliphatic heterocycles. The molecule has 106 valence electrons. The first kappa shape index (κ1) is 13.7. The first-order valence-corrected chi connectivity index (χ1v) is 8.70. The Morgan fingerprint density at radius 1 is 1.50 bits per heavy atom. The molecule has 2 aromatic heterocycles. The summed E-state index contributed by atoms with van der Waals surface area (Å²) in [6.07, 6.45) is 5.87. The van der Waals surface area contributed by atoms with Crippen LogP contribution >= 0.6 is 22.7 Å². The molecular formula is C14H17N3OS2. The number of aryl methyl sites for hydroxylation is 1. The molecule has 0 unspecified atom stereocenters. The van der Waals surface area contributed by atoms with Gasteiger partial charge < -0.3 is 4.90 Å². The lowest BCUT2D eigenvalue weighted by molar-refractivity contribution is 0.0730. The molecule has 0 bridgehead atoms. The second kappa shape index (κ2) is 6.01. The monoisotopic (exact) mass is 307 g/mol. The maximum atomic E-state index is 12.6. The van der Waals surface area contributed by atoms with Gasteiger partial charge in [-0.1, -0.05) is 6.92 Å². The van der Waals surface area contributed by atoms with Gasteiger partial charge in [0.1, 0.15) is 10.7 Å². The number of hydrogen-bond acceptors (Lipinski definition) is 5. The molecule has 2 aromatic rings. The van der Waals surface area contributed by atoms with Gasteiger partial charge in [-0.15, -0.1) is 22.7 Å². The van der Waals surface area contributed by atoms with Crippen LogP contribution in [0.25, 0.3) is 0 Å². The van der Waals surface area contributed by atoms with Crippen molar-refractivity contribution in [3.05, 3.63) is 32.7 Å². The van der Waals surface area contributed by atoms with Crippen molar-refractivity contribution in [2.75, 3.05) is 6.54 Å². The highest BCUT2D eigenvalue weighted by atomic mass is 32.1. The second-order valence-electron chi connectivity index (χ2n) is 4.90. The van der Waals surface area contributed by atoms with Crippen molar-refractivity contribution in [2.24, 2.45) is 0 Å². The average molecular weight is 307 g/mol. The quantitative estimate of drug-likeness (QED) is 0.868. The fraction of sp³-hybridized carbons (Fsp3) is 0.500. The molecule has 1 atom stereocenters. The van der Waals surface area contributed by atoms with E-state index < -0.39 is 0 Å². The van der Waals surface area contributed by atoms with Crippen molar-refractivity contribution in [1.29, 1.82) is 0 Å². The van der Waals surface area contributed by atoms with E-state index >= 15 is 0 Å². The van der Waals surface area contributed by atoms with E-state index in [4.69, 9.17) is 0 Å². The van der Waals surface area contributed by atoms with E-state index in [-0.39, 0.29) is 11.9 Å². The standard InChI is InChI=1S/C14H17N3OS2/c1-2-4-12-16-10(9-20-12)14(18)17-7-3-5-11(17)13-15-6-8-19-13/h6,8-9,11H,2-5,7H2,1H3/t11-/m0/s1. The number of likely N-dealkylation sites (tertiary alicyclic amines) is 1. The molecule has 3 heterocycles. The largest absolute Gasteiger partial charge is 0.328 e. The van der Waals surface area contributed by atoms with Gasteiger partial charge >= 0.3 is 0 Å². The molecule has 1 aliphatic rings. The molecule has 0 aromatic carbocycles. The summed E-state index contributed by atoms with van der Waals surface area (Å²) in [6.45, 7) is 2.94. The first-order valence-electron chi connectivity index (χ1n) is 6.94. The highest BCUT2D eigenvalue weighted by molar-refractivity contribution is 7.10. The van der Waals surface area contributed by atoms with Crippen LogP contribution in [0.1, 0.15) is 52.7 Å². The van der Waals surface area contributed by atoms with Gasteiger partial charge in [0.25, 0.3) is 5.91 Å². The Bertz CT molecular complexity index is 579. The minimum Gasteiger partial charge on any atom is -0.328 e. The summed E-state index contributed by atoms with van der Waals surface area (Å²) in [5, 5.41) is 5.96. The fourth-order valence-corrected chi connectivity index (χ4v) is 4.21. The molecule has 0 N–H and O–H groups in total. The maximum Gasteiger partial charge on any atom is 0.273 e. The Balaban J connectivity index is 1.78. The molecule has 0 radical (unpaired) electrons. The van der Waals surface area contributed by atoms with Gasteiger partial charge in [-0.05, 0) is 25.7 Å². The molecular weight excluding hydrogens is 290 g/mol. The van der Waals surface area contributed by atoms with E-state index in [9.17, 15) is 4.79 Å². The van der Waals surface area contributed by atoms with Crippen LogP contribution in [0.5, 0.6) is 0 Å². The maximum absolute atomic E-state index is 12.6. The Hall–Kier alpha value is -1.27. The minimum atomic E-state index is 0.0568. The van der Waals surface area contributed by atoms with Crippen molar-refractivity contribution < 1.29 is 4.79 Å². The number of amides is 1. The Kier molecular flexibility index (Phi) is 4.12. The first-order chi connectivity index (χ1) is 9.79. The number of rotatable bonds is 4. The van der Waals surface area contributed by atoms with Crippen LogP contribution in [-0.2, 0) is 6.42 Å². The Labute approximate surface area is 126 Å². The smallest absolute Gasteiger partial charge is 0.273 e. The van der Waals surface area contributed by atoms with Crippen LogP contribution in [0.15, 0.2) is 17.0 Å². The third kappa shape index (κ3) is 2.62. The van der Waals surface area contributed by atoms with E-state index in [1.807, 2.05) is 21.9 Å². The second-order valence-corrected chi connectivity index (χ2v) is 6.77. The van der Waals surface area contributed by atoms with Gasteiger partial charge in [0, 0.05) is 23.5 Å². The average Bonchev–Trinajstić information content (AvgIpc) is 3.19. The highest BCUT2D eigenvalue weighted by Gasteiger charge is 2.33. The number of nitrogens with zero attached hydrogens (tertiary/aromatic N) is 3. The number of aromatic nitrogens is 2. The fourth-order valence-electron chi connectivity index (χ4n) is 2.55. The zero-order valence-corrected chi connectivity index (χ0v) is 13.0. The number of thiazole rings is 2. The van der Waals surface area contributed by atoms with E-state index in [0.717, 1.165) is 42.2 Å². The molecule has 1 amide bonds. The van der Waals surface area contributed by atoms with Gasteiger partial charge in [0.2, 0.25) is 0 Å². The normalized spacial score (nSPS) is 18.6. The van der Waals surface area contributed by atoms with Gasteiger partial charge in [-0.2, -0.15) is 0 Å². The predicted molar refractivity (Wildman–Crippen MR) is 81.2 cm³/mol. The molecule has 1 fully saturated rings. The zero-order chi connectivity index (χ0) is 13.9. The molecule has 1 saturated heterocycles. The number of carbonyl (C=O) groups is 1. The molecule has 0 saturated carbocycles. The van der Waals surface area contributed by atoms with Gasteiger partial charge in [0.15, 0.2) is 0 Å². The summed E-state index contributed by atoms with van der Waals surface area (Å²) in [6, 6.07) is 0.138. The number of carbonyl (C=O) groups excluding carboxylic acids is 1. The van der Waals surface area contributed by atoms with E-state index in [2.05, 4.69) is 16.9 Å². The van der Waals surface area contributed by atoms with Crippen molar-refractivity contribution in [3.63, 3.8) is 0 Å². The molecule has 6 heteroatoms. The molecule has 20 heavy (non-hydrogen) atoms. The number of hydrogen-bond donors (Lipinski definition) is 0. The molecule has 4 nitrogen and oxygen atoms in total. The third-order valence-electron chi connectivity index (χ3n) is 3.48. The summed E-state index contributed by atoms with van der Waals surface area (Å²) in [4.78, 5) is 23.4. The van der Waals surface area contributed by atoms with Crippen molar-refractivity contribution in [3.8, 4) is 0 Å². The summed E-state index contributed by atoms with van der Waals surface area (Å²) >= 11 is 3.22. The predicted octanol–water partition coefficient (Wildman–Crippen LogP) is 3.53. The van der Waals surface area contributed by atoms with Crippen LogP contribution in [0.3, 0.4) is 0 Å². The zero-order valence-electron chi connectivity index (χ0n) is 11.4. The van der Waals surface area contributed by atoms with Crippen molar-refractivity contribution in [1.82, 2.24) is 14.9 Å². The lowest BCUT2D eigenvalue weighted by Gasteiger charge is -2.22. The Morgan fingerprint density at radius 2 is 2.40 bits per heavy atom. The lowest BCUT2D eigenvalue weighted by Crippen LogP contribution is -2.30. The van der Waals surface area contributed by atoms with Crippen LogP contribution < -0.4 is 0 Å². The summed E-state index contributed by atoms with van der Waals surface area (Å²) in [5.41, 5.74) is 0.599. The van der Waals surface area contributed by atoms with E-state index in [1.165, 1.54) is 0 Å². The van der Waals surface area contributed by atoms with E-state index in [1.54, 1.807) is 22.7 Å². The topological polar surface area (TPSA) is 46.1 Å². The SMILES string of the molecule is CCCc1nc(C(=O)N2CCC[C@H]2c2nccs2)cs1. The van der Waals surface area contributed by atoms with Crippen LogP contribution in [0, 0.1) is 0 Å². The van der Waals surface area contributed by atoms with E-state index in [0.29, 0.717) is 5.69 Å². The van der Waals surface area contributed by atoms with Crippen LogP contribution in [-0.4, -0.2) is 27.3 Å². The van der Waals surface area contributed by atoms with Crippen LogP contribution in [0.2, 0.25) is 0 Å². The summed E-state index contributed by atoms with van der Waals surface area (Å²) in [5.74, 6) is 0.0568.